The van der Waals surface area contributed by atoms with Crippen LogP contribution in [0.5, 0.6) is 0 Å². The summed E-state index contributed by atoms with van der Waals surface area (Å²) in [6, 6.07) is 0.793. The lowest BCUT2D eigenvalue weighted by Gasteiger charge is -2.33. The van der Waals surface area contributed by atoms with E-state index in [0.29, 0.717) is 11.0 Å². The van der Waals surface area contributed by atoms with E-state index in [1.807, 2.05) is 0 Å². The summed E-state index contributed by atoms with van der Waals surface area (Å²) in [4.78, 5) is 12.8. The molecular formula is C56H113NO4SSi. The van der Waals surface area contributed by atoms with Crippen LogP contribution in [0.15, 0.2) is 0 Å². The van der Waals surface area contributed by atoms with Crippen LogP contribution in [-0.2, 0) is 18.2 Å². The summed E-state index contributed by atoms with van der Waals surface area (Å²) in [5.41, 5.74) is 3.39. The van der Waals surface area contributed by atoms with E-state index in [1.165, 1.54) is 275 Å². The summed E-state index contributed by atoms with van der Waals surface area (Å²) in [7, 11) is -2.84. The van der Waals surface area contributed by atoms with Crippen molar-refractivity contribution in [1.82, 2.24) is 5.48 Å². The predicted octanol–water partition coefficient (Wildman–Crippen LogP) is 19.4. The molecule has 0 bridgehead atoms. The summed E-state index contributed by atoms with van der Waals surface area (Å²) >= 11 is 1.53. The molecule has 0 aromatic carbocycles. The van der Waals surface area contributed by atoms with Gasteiger partial charge in [0, 0.05) is 38.0 Å². The van der Waals surface area contributed by atoms with Crippen molar-refractivity contribution in [2.45, 2.75) is 322 Å². The van der Waals surface area contributed by atoms with Gasteiger partial charge in [0.05, 0.1) is 0 Å². The number of hydroxylamine groups is 1. The van der Waals surface area contributed by atoms with E-state index in [2.05, 4.69) is 26.3 Å². The molecule has 1 saturated heterocycles. The standard InChI is InChI=1S/C56H113NO4SSi/c1-4-7-10-13-16-19-22-25-26-27-30-33-36-39-42-45-50-59-63(53-46-52-62-56(58)48-44-41-38-35-32-29-24-21-18-15-12-9-6-3)60-51-49-55(54-57-61-63)47-43-40-37-34-31-28-23-20-17-14-11-8-5-2/h55,57H,4-54H2,1-3H3. The average Bonchev–Trinajstić information content (AvgIpc) is 3.28. The Hall–Kier alpha value is 0.0769. The summed E-state index contributed by atoms with van der Waals surface area (Å²) in [6.45, 7) is 9.25. The van der Waals surface area contributed by atoms with Gasteiger partial charge in [-0.25, -0.2) is 5.48 Å². The Labute approximate surface area is 401 Å². The summed E-state index contributed by atoms with van der Waals surface area (Å²) in [6.07, 6.45) is 61.6. The molecular weight excluding hydrogens is 811 g/mol. The first-order chi connectivity index (χ1) is 31.2. The van der Waals surface area contributed by atoms with Gasteiger partial charge in [-0.1, -0.05) is 289 Å². The van der Waals surface area contributed by atoms with E-state index in [9.17, 15) is 4.79 Å². The third kappa shape index (κ3) is 43.1. The van der Waals surface area contributed by atoms with E-state index in [0.717, 1.165) is 63.7 Å². The molecule has 0 saturated carbocycles. The fourth-order valence-electron chi connectivity index (χ4n) is 9.46. The minimum Gasteiger partial charge on any atom is -0.373 e. The molecule has 5 nitrogen and oxygen atoms in total. The molecule has 1 heterocycles. The quantitative estimate of drug-likeness (QED) is 0.0485. The molecule has 1 fully saturated rings. The van der Waals surface area contributed by atoms with Crippen molar-refractivity contribution < 1.29 is 18.2 Å². The maximum atomic E-state index is 12.8. The van der Waals surface area contributed by atoms with Gasteiger partial charge < -0.3 is 8.85 Å². The number of hydrogen-bond acceptors (Lipinski definition) is 6. The van der Waals surface area contributed by atoms with Crippen molar-refractivity contribution in [3.05, 3.63) is 0 Å². The van der Waals surface area contributed by atoms with Crippen LogP contribution in [0.1, 0.15) is 316 Å². The Morgan fingerprint density at radius 1 is 0.492 bits per heavy atom. The lowest BCUT2D eigenvalue weighted by Crippen LogP contribution is -2.52. The summed E-state index contributed by atoms with van der Waals surface area (Å²) in [5.74, 6) is 1.44. The molecule has 0 aromatic heterocycles. The molecule has 376 valence electrons. The van der Waals surface area contributed by atoms with Crippen LogP contribution < -0.4 is 5.48 Å². The highest BCUT2D eigenvalue weighted by Crippen LogP contribution is 2.26. The van der Waals surface area contributed by atoms with Gasteiger partial charge in [-0.3, -0.25) is 9.32 Å². The molecule has 1 aliphatic heterocycles. The van der Waals surface area contributed by atoms with Gasteiger partial charge in [0.1, 0.15) is 0 Å². The molecule has 0 amide bonds. The van der Waals surface area contributed by atoms with Crippen LogP contribution in [0.2, 0.25) is 6.04 Å². The van der Waals surface area contributed by atoms with Gasteiger partial charge in [0.2, 0.25) is 0 Å². The lowest BCUT2D eigenvalue weighted by atomic mass is 9.97. The van der Waals surface area contributed by atoms with Crippen molar-refractivity contribution in [3.63, 3.8) is 0 Å². The van der Waals surface area contributed by atoms with Gasteiger partial charge in [-0.05, 0) is 38.0 Å². The Morgan fingerprint density at radius 3 is 1.27 bits per heavy atom. The second kappa shape index (κ2) is 50.0. The second-order valence-electron chi connectivity index (χ2n) is 20.1. The zero-order chi connectivity index (χ0) is 45.3. The number of carbonyl (C=O) groups is 1. The van der Waals surface area contributed by atoms with Crippen LogP contribution in [0, 0.1) is 5.92 Å². The van der Waals surface area contributed by atoms with Crippen molar-refractivity contribution >= 4 is 25.7 Å². The second-order valence-corrected chi connectivity index (χ2v) is 23.9. The number of nitrogens with one attached hydrogen (secondary N) is 1. The Bertz CT molecular complexity index is 895. The Morgan fingerprint density at radius 2 is 0.857 bits per heavy atom. The number of thioether (sulfide) groups is 1. The van der Waals surface area contributed by atoms with E-state index >= 15 is 0 Å². The predicted molar refractivity (Wildman–Crippen MR) is 282 cm³/mol. The Kier molecular flexibility index (Phi) is 48.5. The van der Waals surface area contributed by atoms with Crippen molar-refractivity contribution in [2.75, 3.05) is 25.5 Å². The smallest absolute Gasteiger partial charge is 0.373 e. The average molecular weight is 925 g/mol. The number of carbonyl (C=O) groups excluding carboxylic acids is 1. The molecule has 2 atom stereocenters. The molecule has 1 aliphatic rings. The first kappa shape index (κ1) is 61.1. The van der Waals surface area contributed by atoms with E-state index in [1.54, 1.807) is 0 Å². The fraction of sp³-hybridized carbons (Fsp3) is 0.982. The first-order valence-corrected chi connectivity index (χ1v) is 31.9. The first-order valence-electron chi connectivity index (χ1n) is 29.0. The number of hydrogen-bond donors (Lipinski definition) is 1. The summed E-state index contributed by atoms with van der Waals surface area (Å²) < 4.78 is 19.7. The third-order valence-corrected chi connectivity index (χ3v) is 17.6. The molecule has 0 aliphatic carbocycles. The lowest BCUT2D eigenvalue weighted by molar-refractivity contribution is -0.111. The maximum absolute atomic E-state index is 12.8. The van der Waals surface area contributed by atoms with Gasteiger partial charge >= 0.3 is 8.80 Å². The van der Waals surface area contributed by atoms with Crippen LogP contribution in [0.4, 0.5) is 0 Å². The van der Waals surface area contributed by atoms with E-state index in [4.69, 9.17) is 13.4 Å². The zero-order valence-corrected chi connectivity index (χ0v) is 45.0. The van der Waals surface area contributed by atoms with Crippen molar-refractivity contribution in [2.24, 2.45) is 5.92 Å². The summed E-state index contributed by atoms with van der Waals surface area (Å²) in [5, 5.41) is 0.358. The van der Waals surface area contributed by atoms with Crippen LogP contribution in [-0.4, -0.2) is 39.4 Å². The molecule has 0 radical (unpaired) electrons. The van der Waals surface area contributed by atoms with E-state index in [-0.39, 0.29) is 0 Å². The molecule has 0 spiro atoms. The van der Waals surface area contributed by atoms with Crippen LogP contribution in [0.3, 0.4) is 0 Å². The highest BCUT2D eigenvalue weighted by molar-refractivity contribution is 8.13. The maximum Gasteiger partial charge on any atom is 0.517 e. The van der Waals surface area contributed by atoms with Gasteiger partial charge in [0.25, 0.3) is 0 Å². The topological polar surface area (TPSA) is 56.8 Å². The fourth-order valence-corrected chi connectivity index (χ4v) is 12.9. The van der Waals surface area contributed by atoms with Crippen molar-refractivity contribution in [1.29, 1.82) is 0 Å². The molecule has 7 heteroatoms. The highest BCUT2D eigenvalue weighted by atomic mass is 32.2. The monoisotopic (exact) mass is 924 g/mol. The zero-order valence-electron chi connectivity index (χ0n) is 43.2. The minimum atomic E-state index is -2.84. The van der Waals surface area contributed by atoms with Gasteiger partial charge in [0.15, 0.2) is 5.12 Å². The molecule has 63 heavy (non-hydrogen) atoms. The molecule has 1 rings (SSSR count). The van der Waals surface area contributed by atoms with Gasteiger partial charge in [-0.2, -0.15) is 0 Å². The minimum absolute atomic E-state index is 0.358. The molecule has 0 aromatic rings. The van der Waals surface area contributed by atoms with E-state index < -0.39 is 8.80 Å². The van der Waals surface area contributed by atoms with Crippen molar-refractivity contribution in [3.8, 4) is 0 Å². The Balaban J connectivity index is 2.30. The van der Waals surface area contributed by atoms with Crippen LogP contribution in [0.25, 0.3) is 0 Å². The molecule has 2 unspecified atom stereocenters. The normalized spacial score (nSPS) is 17.0. The molecule has 1 N–H and O–H groups in total. The highest BCUT2D eigenvalue weighted by Gasteiger charge is 2.42. The number of unbranched alkanes of at least 4 members (excludes halogenated alkanes) is 39. The largest absolute Gasteiger partial charge is 0.517 e. The van der Waals surface area contributed by atoms with Gasteiger partial charge in [-0.15, -0.1) is 0 Å². The SMILES string of the molecule is CCCCCCCCCCCCCCCCCCO[Si]1(CCCSC(=O)CCCCCCCCCCCCCCC)OCCC(CCCCCCCCCCCCCCC)CNO1. The number of rotatable bonds is 50. The third-order valence-electron chi connectivity index (χ3n) is 13.9. The van der Waals surface area contributed by atoms with Crippen LogP contribution >= 0.6 is 11.8 Å².